The van der Waals surface area contributed by atoms with Crippen molar-refractivity contribution in [1.82, 2.24) is 25.3 Å². The molecule has 0 bridgehead atoms. The molecule has 0 aromatic rings. The van der Waals surface area contributed by atoms with Crippen LogP contribution in [0.25, 0.3) is 0 Å². The zero-order valence-electron chi connectivity index (χ0n) is 15.0. The molecule has 0 aromatic carbocycles. The standard InChI is InChI=1S/C16H30N6O2/c1-4-17-15(18-5-6-22-14(23)11-19-16(22)24)21-9-7-20(8-10-21)12-13(2)3/h13H,4-12H2,1-3H3,(H,17,18)(H,19,24). The van der Waals surface area contributed by atoms with Crippen LogP contribution in [0.3, 0.4) is 0 Å². The lowest BCUT2D eigenvalue weighted by molar-refractivity contribution is -0.124. The molecule has 2 rings (SSSR count). The molecule has 0 saturated carbocycles. The lowest BCUT2D eigenvalue weighted by atomic mass is 10.2. The van der Waals surface area contributed by atoms with Gasteiger partial charge in [-0.15, -0.1) is 0 Å². The minimum absolute atomic E-state index is 0.0976. The highest BCUT2D eigenvalue weighted by Gasteiger charge is 2.27. The Balaban J connectivity index is 1.85. The van der Waals surface area contributed by atoms with Crippen LogP contribution in [0.4, 0.5) is 4.79 Å². The van der Waals surface area contributed by atoms with Crippen LogP contribution < -0.4 is 10.6 Å². The molecule has 2 aliphatic heterocycles. The maximum Gasteiger partial charge on any atom is 0.324 e. The number of piperazine rings is 1. The normalized spacial score (nSPS) is 20.1. The van der Waals surface area contributed by atoms with Gasteiger partial charge in [0.25, 0.3) is 0 Å². The number of rotatable bonds is 6. The van der Waals surface area contributed by atoms with Crippen molar-refractivity contribution < 1.29 is 9.59 Å². The Bertz CT molecular complexity index is 455. The van der Waals surface area contributed by atoms with Crippen LogP contribution in [0, 0.1) is 5.92 Å². The number of hydrogen-bond donors (Lipinski definition) is 2. The second kappa shape index (κ2) is 8.86. The van der Waals surface area contributed by atoms with E-state index in [2.05, 4.69) is 39.3 Å². The number of carbonyl (C=O) groups is 2. The SMILES string of the molecule is CCNC(=NCCN1C(=O)CNC1=O)N1CCN(CC(C)C)CC1. The topological polar surface area (TPSA) is 80.3 Å². The average Bonchev–Trinajstić information content (AvgIpc) is 2.86. The predicted octanol–water partition coefficient (Wildman–Crippen LogP) is -0.223. The summed E-state index contributed by atoms with van der Waals surface area (Å²) in [6.07, 6.45) is 0. The monoisotopic (exact) mass is 338 g/mol. The first-order chi connectivity index (χ1) is 11.5. The maximum absolute atomic E-state index is 11.6. The highest BCUT2D eigenvalue weighted by atomic mass is 16.2. The van der Waals surface area contributed by atoms with Crippen molar-refractivity contribution in [3.05, 3.63) is 0 Å². The highest BCUT2D eigenvalue weighted by molar-refractivity contribution is 6.01. The smallest absolute Gasteiger partial charge is 0.324 e. The van der Waals surface area contributed by atoms with E-state index in [1.54, 1.807) is 0 Å². The number of amides is 3. The summed E-state index contributed by atoms with van der Waals surface area (Å²) in [5, 5.41) is 5.83. The van der Waals surface area contributed by atoms with Gasteiger partial charge in [0.05, 0.1) is 19.6 Å². The van der Waals surface area contributed by atoms with Gasteiger partial charge in [0.1, 0.15) is 0 Å². The molecule has 2 N–H and O–H groups in total. The number of carbonyl (C=O) groups excluding carboxylic acids is 2. The number of aliphatic imine (C=N–C) groups is 1. The third-order valence-electron chi connectivity index (χ3n) is 4.15. The van der Waals surface area contributed by atoms with E-state index in [0.29, 0.717) is 19.0 Å². The summed E-state index contributed by atoms with van der Waals surface area (Å²) in [5.74, 6) is 1.37. The highest BCUT2D eigenvalue weighted by Crippen LogP contribution is 2.06. The first-order valence-corrected chi connectivity index (χ1v) is 8.85. The first-order valence-electron chi connectivity index (χ1n) is 8.85. The van der Waals surface area contributed by atoms with E-state index in [9.17, 15) is 9.59 Å². The number of nitrogens with one attached hydrogen (secondary N) is 2. The molecule has 2 saturated heterocycles. The molecule has 0 aliphatic carbocycles. The molecule has 2 aliphatic rings. The van der Waals surface area contributed by atoms with Crippen molar-refractivity contribution in [2.45, 2.75) is 20.8 Å². The largest absolute Gasteiger partial charge is 0.357 e. The minimum Gasteiger partial charge on any atom is -0.357 e. The molecule has 2 fully saturated rings. The van der Waals surface area contributed by atoms with Gasteiger partial charge in [-0.1, -0.05) is 13.8 Å². The summed E-state index contributed by atoms with van der Waals surface area (Å²) in [7, 11) is 0. The fourth-order valence-electron chi connectivity index (χ4n) is 3.02. The molecule has 0 radical (unpaired) electrons. The molecular weight excluding hydrogens is 308 g/mol. The molecule has 8 heteroatoms. The van der Waals surface area contributed by atoms with E-state index in [1.165, 1.54) is 4.90 Å². The summed E-state index contributed by atoms with van der Waals surface area (Å²) < 4.78 is 0. The van der Waals surface area contributed by atoms with Gasteiger partial charge in [-0.25, -0.2) is 4.79 Å². The van der Waals surface area contributed by atoms with Gasteiger partial charge in [-0.2, -0.15) is 0 Å². The van der Waals surface area contributed by atoms with E-state index < -0.39 is 0 Å². The van der Waals surface area contributed by atoms with E-state index in [0.717, 1.165) is 45.2 Å². The van der Waals surface area contributed by atoms with Gasteiger partial charge in [-0.3, -0.25) is 19.6 Å². The van der Waals surface area contributed by atoms with Crippen molar-refractivity contribution in [2.75, 3.05) is 58.9 Å². The minimum atomic E-state index is -0.317. The van der Waals surface area contributed by atoms with E-state index in [4.69, 9.17) is 0 Å². The van der Waals surface area contributed by atoms with E-state index >= 15 is 0 Å². The Labute approximate surface area is 144 Å². The van der Waals surface area contributed by atoms with Gasteiger partial charge in [0.2, 0.25) is 5.91 Å². The first kappa shape index (κ1) is 18.5. The summed E-state index contributed by atoms with van der Waals surface area (Å²) in [6.45, 7) is 13.3. The van der Waals surface area contributed by atoms with Crippen molar-refractivity contribution in [3.63, 3.8) is 0 Å². The lowest BCUT2D eigenvalue weighted by Gasteiger charge is -2.37. The molecule has 0 aromatic heterocycles. The lowest BCUT2D eigenvalue weighted by Crippen LogP contribution is -2.53. The summed E-state index contributed by atoms with van der Waals surface area (Å²) in [6, 6.07) is -0.317. The fraction of sp³-hybridized carbons (Fsp3) is 0.812. The molecular formula is C16H30N6O2. The Morgan fingerprint density at radius 1 is 1.25 bits per heavy atom. The predicted molar refractivity (Wildman–Crippen MR) is 93.9 cm³/mol. The molecule has 0 spiro atoms. The summed E-state index contributed by atoms with van der Waals surface area (Å²) >= 11 is 0. The molecule has 8 nitrogen and oxygen atoms in total. The maximum atomic E-state index is 11.6. The third kappa shape index (κ3) is 5.09. The Morgan fingerprint density at radius 2 is 1.96 bits per heavy atom. The van der Waals surface area contributed by atoms with Crippen molar-refractivity contribution >= 4 is 17.9 Å². The van der Waals surface area contributed by atoms with Gasteiger partial charge >= 0.3 is 6.03 Å². The zero-order valence-corrected chi connectivity index (χ0v) is 15.0. The van der Waals surface area contributed by atoms with Crippen LogP contribution in [-0.2, 0) is 4.79 Å². The molecule has 2 heterocycles. The Hall–Kier alpha value is -1.83. The Morgan fingerprint density at radius 3 is 2.50 bits per heavy atom. The average molecular weight is 338 g/mol. The Kier molecular flexibility index (Phi) is 6.84. The fourth-order valence-corrected chi connectivity index (χ4v) is 3.02. The molecule has 24 heavy (non-hydrogen) atoms. The van der Waals surface area contributed by atoms with Crippen LogP contribution in [0.1, 0.15) is 20.8 Å². The number of imide groups is 1. The van der Waals surface area contributed by atoms with E-state index in [1.807, 2.05) is 6.92 Å². The number of urea groups is 1. The van der Waals surface area contributed by atoms with Gasteiger partial charge in [-0.05, 0) is 12.8 Å². The number of guanidine groups is 1. The van der Waals surface area contributed by atoms with Crippen LogP contribution >= 0.6 is 0 Å². The molecule has 0 unspecified atom stereocenters. The molecule has 3 amide bonds. The molecule has 0 atom stereocenters. The van der Waals surface area contributed by atoms with Gasteiger partial charge < -0.3 is 15.5 Å². The van der Waals surface area contributed by atoms with Crippen molar-refractivity contribution in [1.29, 1.82) is 0 Å². The number of nitrogens with zero attached hydrogens (tertiary/aromatic N) is 4. The van der Waals surface area contributed by atoms with Crippen LogP contribution in [0.5, 0.6) is 0 Å². The van der Waals surface area contributed by atoms with Gasteiger partial charge in [0, 0.05) is 39.3 Å². The van der Waals surface area contributed by atoms with E-state index in [-0.39, 0.29) is 18.5 Å². The van der Waals surface area contributed by atoms with Crippen molar-refractivity contribution in [3.8, 4) is 0 Å². The second-order valence-electron chi connectivity index (χ2n) is 6.62. The van der Waals surface area contributed by atoms with Gasteiger partial charge in [0.15, 0.2) is 5.96 Å². The van der Waals surface area contributed by atoms with Crippen LogP contribution in [-0.4, -0.2) is 91.5 Å². The molecule has 136 valence electrons. The van der Waals surface area contributed by atoms with Crippen molar-refractivity contribution in [2.24, 2.45) is 10.9 Å². The summed E-state index contributed by atoms with van der Waals surface area (Å²) in [4.78, 5) is 33.7. The van der Waals surface area contributed by atoms with Crippen LogP contribution in [0.2, 0.25) is 0 Å². The third-order valence-corrected chi connectivity index (χ3v) is 4.15. The van der Waals surface area contributed by atoms with Crippen LogP contribution in [0.15, 0.2) is 4.99 Å². The second-order valence-corrected chi connectivity index (χ2v) is 6.62. The quantitative estimate of drug-likeness (QED) is 0.398. The zero-order chi connectivity index (χ0) is 17.5. The summed E-state index contributed by atoms with van der Waals surface area (Å²) in [5.41, 5.74) is 0. The number of hydrogen-bond acceptors (Lipinski definition) is 4.